The van der Waals surface area contributed by atoms with Gasteiger partial charge in [0.2, 0.25) is 0 Å². The van der Waals surface area contributed by atoms with Crippen LogP contribution in [-0.4, -0.2) is 29.9 Å². The van der Waals surface area contributed by atoms with Crippen molar-refractivity contribution in [3.63, 3.8) is 0 Å². The van der Waals surface area contributed by atoms with Crippen molar-refractivity contribution >= 4 is 11.6 Å². The number of amides is 1. The lowest BCUT2D eigenvalue weighted by Gasteiger charge is -2.23. The molecular formula is C15H22N2O. The molecule has 1 N–H and O–H groups in total. The molecule has 0 aliphatic carbocycles. The number of anilines is 1. The normalized spacial score (nSPS) is 23.2. The molecule has 2 unspecified atom stereocenters. The van der Waals surface area contributed by atoms with Gasteiger partial charge in [-0.25, -0.2) is 0 Å². The highest BCUT2D eigenvalue weighted by molar-refractivity contribution is 5.99. The van der Waals surface area contributed by atoms with Crippen molar-refractivity contribution in [1.29, 1.82) is 0 Å². The van der Waals surface area contributed by atoms with Gasteiger partial charge in [-0.3, -0.25) is 4.79 Å². The summed E-state index contributed by atoms with van der Waals surface area (Å²) in [5.41, 5.74) is 1.73. The van der Waals surface area contributed by atoms with Gasteiger partial charge in [-0.15, -0.1) is 0 Å². The molecule has 2 rings (SSSR count). The summed E-state index contributed by atoms with van der Waals surface area (Å²) in [4.78, 5) is 14.6. The van der Waals surface area contributed by atoms with Crippen LogP contribution in [-0.2, 0) is 0 Å². The Morgan fingerprint density at radius 3 is 2.72 bits per heavy atom. The summed E-state index contributed by atoms with van der Waals surface area (Å²) < 4.78 is 0. The second-order valence-electron chi connectivity index (χ2n) is 5.22. The standard InChI is InChI=1S/C15H22N2O/c1-4-16-14-8-6-5-7-13(14)15(18)17-10-11(2)9-12(17)3/h5-8,11-12,16H,4,9-10H2,1-3H3. The first-order valence-corrected chi connectivity index (χ1v) is 6.77. The van der Waals surface area contributed by atoms with Crippen molar-refractivity contribution < 1.29 is 4.79 Å². The molecule has 1 heterocycles. The largest absolute Gasteiger partial charge is 0.385 e. The number of likely N-dealkylation sites (tertiary alicyclic amines) is 1. The van der Waals surface area contributed by atoms with E-state index in [9.17, 15) is 4.79 Å². The quantitative estimate of drug-likeness (QED) is 0.889. The number of rotatable bonds is 3. The third-order valence-electron chi connectivity index (χ3n) is 3.57. The summed E-state index contributed by atoms with van der Waals surface area (Å²) in [7, 11) is 0. The Labute approximate surface area is 109 Å². The molecular weight excluding hydrogens is 224 g/mol. The Morgan fingerprint density at radius 1 is 1.39 bits per heavy atom. The highest BCUT2D eigenvalue weighted by atomic mass is 16.2. The van der Waals surface area contributed by atoms with Crippen molar-refractivity contribution in [2.45, 2.75) is 33.2 Å². The predicted molar refractivity (Wildman–Crippen MR) is 74.9 cm³/mol. The van der Waals surface area contributed by atoms with Crippen LogP contribution < -0.4 is 5.32 Å². The molecule has 1 aromatic carbocycles. The minimum absolute atomic E-state index is 0.156. The van der Waals surface area contributed by atoms with Gasteiger partial charge in [0.05, 0.1) is 5.56 Å². The number of benzene rings is 1. The molecule has 1 saturated heterocycles. The van der Waals surface area contributed by atoms with E-state index in [-0.39, 0.29) is 5.91 Å². The number of nitrogens with zero attached hydrogens (tertiary/aromatic N) is 1. The van der Waals surface area contributed by atoms with Crippen molar-refractivity contribution in [1.82, 2.24) is 4.90 Å². The Balaban J connectivity index is 2.23. The third kappa shape index (κ3) is 2.50. The van der Waals surface area contributed by atoms with Gasteiger partial charge in [0.15, 0.2) is 0 Å². The van der Waals surface area contributed by atoms with E-state index in [0.717, 1.165) is 30.8 Å². The molecule has 3 nitrogen and oxygen atoms in total. The molecule has 2 atom stereocenters. The van der Waals surface area contributed by atoms with Crippen LogP contribution in [0.2, 0.25) is 0 Å². The number of carbonyl (C=O) groups excluding carboxylic acids is 1. The van der Waals surface area contributed by atoms with E-state index in [1.165, 1.54) is 0 Å². The van der Waals surface area contributed by atoms with Gasteiger partial charge in [0.25, 0.3) is 5.91 Å². The molecule has 1 amide bonds. The lowest BCUT2D eigenvalue weighted by atomic mass is 10.1. The summed E-state index contributed by atoms with van der Waals surface area (Å²) in [6.45, 7) is 8.09. The molecule has 0 radical (unpaired) electrons. The van der Waals surface area contributed by atoms with Gasteiger partial charge in [-0.05, 0) is 38.3 Å². The number of para-hydroxylation sites is 1. The van der Waals surface area contributed by atoms with E-state index in [4.69, 9.17) is 0 Å². The van der Waals surface area contributed by atoms with Crippen molar-refractivity contribution in [2.75, 3.05) is 18.4 Å². The van der Waals surface area contributed by atoms with Crippen LogP contribution in [0.1, 0.15) is 37.6 Å². The monoisotopic (exact) mass is 246 g/mol. The fourth-order valence-corrected chi connectivity index (χ4v) is 2.75. The Morgan fingerprint density at radius 2 is 2.11 bits per heavy atom. The average molecular weight is 246 g/mol. The summed E-state index contributed by atoms with van der Waals surface area (Å²) >= 11 is 0. The average Bonchev–Trinajstić information content (AvgIpc) is 2.69. The Bertz CT molecular complexity index is 430. The van der Waals surface area contributed by atoms with Gasteiger partial charge in [-0.1, -0.05) is 19.1 Å². The fourth-order valence-electron chi connectivity index (χ4n) is 2.75. The van der Waals surface area contributed by atoms with Crippen LogP contribution in [0.5, 0.6) is 0 Å². The van der Waals surface area contributed by atoms with Gasteiger partial charge in [-0.2, -0.15) is 0 Å². The molecule has 98 valence electrons. The molecule has 3 heteroatoms. The molecule has 1 fully saturated rings. The topological polar surface area (TPSA) is 32.3 Å². The highest BCUT2D eigenvalue weighted by Gasteiger charge is 2.31. The van der Waals surface area contributed by atoms with E-state index in [1.807, 2.05) is 36.1 Å². The van der Waals surface area contributed by atoms with Crippen molar-refractivity contribution in [3.8, 4) is 0 Å². The zero-order chi connectivity index (χ0) is 13.1. The van der Waals surface area contributed by atoms with E-state index < -0.39 is 0 Å². The maximum absolute atomic E-state index is 12.6. The smallest absolute Gasteiger partial charge is 0.256 e. The molecule has 0 bridgehead atoms. The van der Waals surface area contributed by atoms with E-state index >= 15 is 0 Å². The van der Waals surface area contributed by atoms with Gasteiger partial charge in [0, 0.05) is 24.8 Å². The lowest BCUT2D eigenvalue weighted by molar-refractivity contribution is 0.0745. The van der Waals surface area contributed by atoms with Crippen LogP contribution in [0.25, 0.3) is 0 Å². The number of nitrogens with one attached hydrogen (secondary N) is 1. The molecule has 0 saturated carbocycles. The van der Waals surface area contributed by atoms with Crippen LogP contribution in [0.3, 0.4) is 0 Å². The minimum Gasteiger partial charge on any atom is -0.385 e. The van der Waals surface area contributed by atoms with Gasteiger partial charge < -0.3 is 10.2 Å². The second kappa shape index (κ2) is 5.42. The lowest BCUT2D eigenvalue weighted by Crippen LogP contribution is -2.34. The van der Waals surface area contributed by atoms with E-state index in [1.54, 1.807) is 0 Å². The van der Waals surface area contributed by atoms with Crippen molar-refractivity contribution in [2.24, 2.45) is 5.92 Å². The second-order valence-corrected chi connectivity index (χ2v) is 5.22. The SMILES string of the molecule is CCNc1ccccc1C(=O)N1CC(C)CC1C. The molecule has 18 heavy (non-hydrogen) atoms. The van der Waals surface area contributed by atoms with Crippen LogP contribution >= 0.6 is 0 Å². The van der Waals surface area contributed by atoms with Crippen LogP contribution in [0.15, 0.2) is 24.3 Å². The zero-order valence-electron chi connectivity index (χ0n) is 11.4. The Hall–Kier alpha value is -1.51. The molecule has 1 aliphatic rings. The van der Waals surface area contributed by atoms with E-state index in [0.29, 0.717) is 12.0 Å². The minimum atomic E-state index is 0.156. The van der Waals surface area contributed by atoms with Crippen LogP contribution in [0.4, 0.5) is 5.69 Å². The summed E-state index contributed by atoms with van der Waals surface area (Å²) in [6, 6.07) is 8.13. The summed E-state index contributed by atoms with van der Waals surface area (Å²) in [5, 5.41) is 3.26. The Kier molecular flexibility index (Phi) is 3.90. The molecule has 1 aliphatic heterocycles. The number of carbonyl (C=O) groups is 1. The number of hydrogen-bond acceptors (Lipinski definition) is 2. The maximum Gasteiger partial charge on any atom is 0.256 e. The molecule has 0 aromatic heterocycles. The highest BCUT2D eigenvalue weighted by Crippen LogP contribution is 2.26. The zero-order valence-corrected chi connectivity index (χ0v) is 11.4. The predicted octanol–water partition coefficient (Wildman–Crippen LogP) is 2.99. The summed E-state index contributed by atoms with van der Waals surface area (Å²) in [5.74, 6) is 0.763. The van der Waals surface area contributed by atoms with E-state index in [2.05, 4.69) is 19.2 Å². The fraction of sp³-hybridized carbons (Fsp3) is 0.533. The third-order valence-corrected chi connectivity index (χ3v) is 3.57. The first-order valence-electron chi connectivity index (χ1n) is 6.77. The summed E-state index contributed by atoms with van der Waals surface area (Å²) in [6.07, 6.45) is 1.11. The number of hydrogen-bond donors (Lipinski definition) is 1. The first-order chi connectivity index (χ1) is 8.63. The molecule has 0 spiro atoms. The van der Waals surface area contributed by atoms with Gasteiger partial charge >= 0.3 is 0 Å². The van der Waals surface area contributed by atoms with Crippen LogP contribution in [0, 0.1) is 5.92 Å². The van der Waals surface area contributed by atoms with Gasteiger partial charge in [0.1, 0.15) is 0 Å². The maximum atomic E-state index is 12.6. The van der Waals surface area contributed by atoms with Crippen molar-refractivity contribution in [3.05, 3.63) is 29.8 Å². The first kappa shape index (κ1) is 12.9. The molecule has 1 aromatic rings.